The van der Waals surface area contributed by atoms with Gasteiger partial charge in [-0.2, -0.15) is 0 Å². The van der Waals surface area contributed by atoms with Crippen LogP contribution in [0, 0.1) is 5.92 Å². The summed E-state index contributed by atoms with van der Waals surface area (Å²) in [6, 6.07) is 12.2. The van der Waals surface area contributed by atoms with Gasteiger partial charge in [-0.25, -0.2) is 0 Å². The summed E-state index contributed by atoms with van der Waals surface area (Å²) in [5.41, 5.74) is 2.21. The van der Waals surface area contributed by atoms with Crippen molar-refractivity contribution in [3.8, 4) is 5.75 Å². The Kier molecular flexibility index (Phi) is 12.0. The molecule has 0 aliphatic heterocycles. The van der Waals surface area contributed by atoms with Crippen LogP contribution in [-0.2, 0) is 22.7 Å². The maximum Gasteiger partial charge on any atom is 0.242 e. The summed E-state index contributed by atoms with van der Waals surface area (Å²) < 4.78 is 7.56. The molecule has 0 radical (unpaired) electrons. The van der Waals surface area contributed by atoms with Crippen molar-refractivity contribution >= 4 is 11.8 Å². The Labute approximate surface area is 218 Å². The third-order valence-corrected chi connectivity index (χ3v) is 7.15. The normalized spacial score (nSPS) is 12.9. The smallest absolute Gasteiger partial charge is 0.242 e. The van der Waals surface area contributed by atoms with Crippen LogP contribution in [0.2, 0.25) is 0 Å². The van der Waals surface area contributed by atoms with Crippen LogP contribution >= 0.6 is 0 Å². The second-order valence-corrected chi connectivity index (χ2v) is 10.1. The van der Waals surface area contributed by atoms with E-state index < -0.39 is 0 Å². The Bertz CT molecular complexity index is 952. The second-order valence-electron chi connectivity index (χ2n) is 10.1. The summed E-state index contributed by atoms with van der Waals surface area (Å²) in [6.45, 7) is 13.8. The molecule has 200 valence electrons. The number of rotatable bonds is 15. The Morgan fingerprint density at radius 1 is 1.00 bits per heavy atom. The Hall–Kier alpha value is -2.76. The van der Waals surface area contributed by atoms with Gasteiger partial charge in [-0.05, 0) is 69.9 Å². The average Bonchev–Trinajstić information content (AvgIpc) is 3.31. The number of benzene rings is 1. The number of carbonyl (C=O) groups is 2. The molecule has 0 N–H and O–H groups in total. The lowest BCUT2D eigenvalue weighted by atomic mass is 9.97. The van der Waals surface area contributed by atoms with E-state index in [-0.39, 0.29) is 36.4 Å². The molecule has 0 bridgehead atoms. The van der Waals surface area contributed by atoms with Crippen molar-refractivity contribution in [3.05, 3.63) is 53.9 Å². The van der Waals surface area contributed by atoms with Gasteiger partial charge in [-0.3, -0.25) is 9.59 Å². The van der Waals surface area contributed by atoms with Gasteiger partial charge in [-0.1, -0.05) is 45.7 Å². The van der Waals surface area contributed by atoms with Gasteiger partial charge in [0.2, 0.25) is 11.8 Å². The fraction of sp³-hybridized carbons (Fsp3) is 0.600. The summed E-state index contributed by atoms with van der Waals surface area (Å²) in [5.74, 6) is 0.934. The molecular formula is C30H47N3O3. The molecule has 6 nitrogen and oxygen atoms in total. The first-order valence-corrected chi connectivity index (χ1v) is 13.6. The highest BCUT2D eigenvalue weighted by Gasteiger charge is 2.29. The van der Waals surface area contributed by atoms with Gasteiger partial charge < -0.3 is 19.1 Å². The van der Waals surface area contributed by atoms with E-state index in [4.69, 9.17) is 4.74 Å². The summed E-state index contributed by atoms with van der Waals surface area (Å²) in [5, 5.41) is 0. The maximum absolute atomic E-state index is 13.7. The zero-order valence-corrected chi connectivity index (χ0v) is 23.5. The first-order chi connectivity index (χ1) is 17.2. The lowest BCUT2D eigenvalue weighted by Crippen LogP contribution is -2.49. The van der Waals surface area contributed by atoms with E-state index >= 15 is 0 Å². The van der Waals surface area contributed by atoms with Crippen LogP contribution in [0.15, 0.2) is 42.6 Å². The predicted octanol–water partition coefficient (Wildman–Crippen LogP) is 6.13. The molecular weight excluding hydrogens is 450 g/mol. The number of methoxy groups -OCH3 is 1. The van der Waals surface area contributed by atoms with Crippen molar-refractivity contribution in [2.24, 2.45) is 5.92 Å². The Morgan fingerprint density at radius 3 is 2.36 bits per heavy atom. The molecule has 1 heterocycles. The number of hydrogen-bond donors (Lipinski definition) is 0. The molecule has 2 unspecified atom stereocenters. The summed E-state index contributed by atoms with van der Waals surface area (Å²) in [7, 11) is 1.67. The predicted molar refractivity (Wildman–Crippen MR) is 147 cm³/mol. The first-order valence-electron chi connectivity index (χ1n) is 13.6. The minimum absolute atomic E-state index is 0.00544. The van der Waals surface area contributed by atoms with Crippen molar-refractivity contribution in [1.82, 2.24) is 14.4 Å². The van der Waals surface area contributed by atoms with Crippen LogP contribution in [0.5, 0.6) is 5.75 Å². The standard InChI is InChI=1S/C30H47N3O3/c1-8-11-15-26(10-3)30(35)32(23(4)5)22-29(34)33(24(6)9-2)21-27-16-13-18-31(27)20-25-14-12-17-28(19-25)36-7/h12-14,16-19,23-24,26H,8-11,15,20-22H2,1-7H3. The molecule has 36 heavy (non-hydrogen) atoms. The molecule has 1 aromatic heterocycles. The third-order valence-electron chi connectivity index (χ3n) is 7.15. The highest BCUT2D eigenvalue weighted by molar-refractivity contribution is 5.86. The second kappa shape index (κ2) is 14.7. The molecule has 0 aliphatic rings. The molecule has 2 amide bonds. The number of amides is 2. The van der Waals surface area contributed by atoms with Crippen molar-refractivity contribution in [1.29, 1.82) is 0 Å². The Morgan fingerprint density at radius 2 is 1.75 bits per heavy atom. The number of hydrogen-bond acceptors (Lipinski definition) is 3. The zero-order valence-electron chi connectivity index (χ0n) is 23.5. The zero-order chi connectivity index (χ0) is 26.7. The molecule has 2 atom stereocenters. The van der Waals surface area contributed by atoms with Gasteiger partial charge in [0.05, 0.1) is 13.7 Å². The molecule has 2 rings (SSSR count). The summed E-state index contributed by atoms with van der Waals surface area (Å²) in [4.78, 5) is 30.8. The van der Waals surface area contributed by atoms with Gasteiger partial charge in [0.1, 0.15) is 12.3 Å². The quantitative estimate of drug-likeness (QED) is 0.298. The first kappa shape index (κ1) is 29.5. The van der Waals surface area contributed by atoms with Crippen LogP contribution in [0.1, 0.15) is 84.9 Å². The number of aromatic nitrogens is 1. The van der Waals surface area contributed by atoms with Crippen LogP contribution in [0.3, 0.4) is 0 Å². The van der Waals surface area contributed by atoms with E-state index in [0.717, 1.165) is 49.1 Å². The van der Waals surface area contributed by atoms with Gasteiger partial charge in [0, 0.05) is 36.4 Å². The molecule has 0 spiro atoms. The van der Waals surface area contributed by atoms with E-state index in [2.05, 4.69) is 50.6 Å². The minimum atomic E-state index is -0.0205. The lowest BCUT2D eigenvalue weighted by molar-refractivity contribution is -0.146. The third kappa shape index (κ3) is 8.14. The number of nitrogens with zero attached hydrogens (tertiary/aromatic N) is 3. The van der Waals surface area contributed by atoms with Crippen molar-refractivity contribution in [2.75, 3.05) is 13.7 Å². The summed E-state index contributed by atoms with van der Waals surface area (Å²) >= 11 is 0. The number of carbonyl (C=O) groups excluding carboxylic acids is 2. The highest BCUT2D eigenvalue weighted by Crippen LogP contribution is 2.20. The molecule has 0 saturated heterocycles. The van der Waals surface area contributed by atoms with E-state index in [1.165, 1.54) is 0 Å². The van der Waals surface area contributed by atoms with Crippen LogP contribution in [0.4, 0.5) is 0 Å². The monoisotopic (exact) mass is 497 g/mol. The number of ether oxygens (including phenoxy) is 1. The molecule has 6 heteroatoms. The van der Waals surface area contributed by atoms with Gasteiger partial charge >= 0.3 is 0 Å². The minimum Gasteiger partial charge on any atom is -0.497 e. The van der Waals surface area contributed by atoms with E-state index in [0.29, 0.717) is 13.1 Å². The van der Waals surface area contributed by atoms with Crippen molar-refractivity contribution in [2.45, 2.75) is 98.8 Å². The van der Waals surface area contributed by atoms with Crippen LogP contribution < -0.4 is 4.74 Å². The van der Waals surface area contributed by atoms with E-state index in [1.807, 2.05) is 43.0 Å². The number of unbranched alkanes of at least 4 members (excludes halogenated alkanes) is 1. The van der Waals surface area contributed by atoms with Crippen LogP contribution in [0.25, 0.3) is 0 Å². The molecule has 0 saturated carbocycles. The average molecular weight is 498 g/mol. The van der Waals surface area contributed by atoms with Gasteiger partial charge in [-0.15, -0.1) is 0 Å². The van der Waals surface area contributed by atoms with Crippen LogP contribution in [-0.4, -0.2) is 51.9 Å². The largest absolute Gasteiger partial charge is 0.497 e. The Balaban J connectivity index is 2.21. The van der Waals surface area contributed by atoms with Gasteiger partial charge in [0.15, 0.2) is 0 Å². The van der Waals surface area contributed by atoms with E-state index in [9.17, 15) is 9.59 Å². The fourth-order valence-corrected chi connectivity index (χ4v) is 4.54. The van der Waals surface area contributed by atoms with E-state index in [1.54, 1.807) is 12.0 Å². The lowest BCUT2D eigenvalue weighted by Gasteiger charge is -2.34. The summed E-state index contributed by atoms with van der Waals surface area (Å²) in [6.07, 6.45) is 6.71. The van der Waals surface area contributed by atoms with Crippen molar-refractivity contribution in [3.63, 3.8) is 0 Å². The molecule has 2 aromatic rings. The van der Waals surface area contributed by atoms with Crippen molar-refractivity contribution < 1.29 is 14.3 Å². The fourth-order valence-electron chi connectivity index (χ4n) is 4.54. The molecule has 0 aliphatic carbocycles. The SMILES string of the molecule is CCCCC(CC)C(=O)N(CC(=O)N(Cc1cccn1Cc1cccc(OC)c1)C(C)CC)C(C)C. The highest BCUT2D eigenvalue weighted by atomic mass is 16.5. The topological polar surface area (TPSA) is 54.8 Å². The maximum atomic E-state index is 13.7. The molecule has 0 fully saturated rings. The molecule has 1 aromatic carbocycles. The van der Waals surface area contributed by atoms with Gasteiger partial charge in [0.25, 0.3) is 0 Å².